The van der Waals surface area contributed by atoms with Gasteiger partial charge in [-0.1, -0.05) is 12.1 Å². The lowest BCUT2D eigenvalue weighted by Crippen LogP contribution is -2.04. The van der Waals surface area contributed by atoms with E-state index in [0.717, 1.165) is 11.3 Å². The van der Waals surface area contributed by atoms with Crippen molar-refractivity contribution in [2.45, 2.75) is 6.42 Å². The van der Waals surface area contributed by atoms with Gasteiger partial charge in [0.2, 0.25) is 0 Å². The molecule has 0 fully saturated rings. The van der Waals surface area contributed by atoms with Gasteiger partial charge in [-0.3, -0.25) is 4.79 Å². The Labute approximate surface area is 133 Å². The number of carbonyl (C=O) groups excluding carboxylic acids is 1. The zero-order valence-electron chi connectivity index (χ0n) is 12.3. The number of hydrogen-bond acceptors (Lipinski definition) is 5. The van der Waals surface area contributed by atoms with E-state index in [0.29, 0.717) is 24.5 Å². The summed E-state index contributed by atoms with van der Waals surface area (Å²) in [5.41, 5.74) is 1.24. The van der Waals surface area contributed by atoms with E-state index in [1.807, 2.05) is 24.3 Å². The maximum atomic E-state index is 11.1. The Morgan fingerprint density at radius 2 is 1.86 bits per heavy atom. The molecular weight excluding hydrogens is 306 g/mol. The molecule has 6 heteroatoms. The first kappa shape index (κ1) is 16.1. The SMILES string of the molecule is COc1ccc(CCOc2cc(C(=O)Cl)ncc2OC)cc1. The third-order valence-corrected chi connectivity index (χ3v) is 3.25. The Hall–Kier alpha value is -2.27. The fourth-order valence-corrected chi connectivity index (χ4v) is 1.97. The minimum absolute atomic E-state index is 0.127. The summed E-state index contributed by atoms with van der Waals surface area (Å²) in [6.45, 7) is 0.433. The zero-order valence-corrected chi connectivity index (χ0v) is 13.1. The molecule has 0 spiro atoms. The number of benzene rings is 1. The van der Waals surface area contributed by atoms with Crippen molar-refractivity contribution in [3.05, 3.63) is 47.8 Å². The first-order valence-electron chi connectivity index (χ1n) is 6.63. The molecule has 0 atom stereocenters. The first-order chi connectivity index (χ1) is 10.6. The smallest absolute Gasteiger partial charge is 0.270 e. The maximum Gasteiger partial charge on any atom is 0.270 e. The summed E-state index contributed by atoms with van der Waals surface area (Å²) in [6, 6.07) is 9.21. The van der Waals surface area contributed by atoms with Crippen molar-refractivity contribution >= 4 is 16.8 Å². The highest BCUT2D eigenvalue weighted by Crippen LogP contribution is 2.27. The van der Waals surface area contributed by atoms with Gasteiger partial charge in [0, 0.05) is 12.5 Å². The topological polar surface area (TPSA) is 57.7 Å². The molecule has 1 aromatic carbocycles. The molecule has 2 rings (SSSR count). The predicted octanol–water partition coefficient (Wildman–Crippen LogP) is 3.10. The second-order valence-electron chi connectivity index (χ2n) is 4.44. The molecular formula is C16H16ClNO4. The minimum atomic E-state index is -0.636. The lowest BCUT2D eigenvalue weighted by molar-refractivity contribution is 0.107. The molecule has 0 radical (unpaired) electrons. The van der Waals surface area contributed by atoms with E-state index in [-0.39, 0.29) is 5.69 Å². The largest absolute Gasteiger partial charge is 0.497 e. The number of aromatic nitrogens is 1. The molecule has 0 aliphatic rings. The number of carbonyl (C=O) groups is 1. The molecule has 0 N–H and O–H groups in total. The van der Waals surface area contributed by atoms with Crippen LogP contribution in [-0.4, -0.2) is 31.1 Å². The van der Waals surface area contributed by atoms with Crippen molar-refractivity contribution in [3.63, 3.8) is 0 Å². The van der Waals surface area contributed by atoms with Crippen molar-refractivity contribution in [2.75, 3.05) is 20.8 Å². The molecule has 0 bridgehead atoms. The van der Waals surface area contributed by atoms with Crippen LogP contribution in [0.1, 0.15) is 16.1 Å². The van der Waals surface area contributed by atoms with Gasteiger partial charge in [0.1, 0.15) is 11.4 Å². The van der Waals surface area contributed by atoms with Crippen LogP contribution in [0.15, 0.2) is 36.5 Å². The van der Waals surface area contributed by atoms with Gasteiger partial charge >= 0.3 is 0 Å². The van der Waals surface area contributed by atoms with Gasteiger partial charge in [0.25, 0.3) is 5.24 Å². The zero-order chi connectivity index (χ0) is 15.9. The molecule has 0 aliphatic heterocycles. The lowest BCUT2D eigenvalue weighted by atomic mass is 10.1. The Balaban J connectivity index is 2.00. The summed E-state index contributed by atoms with van der Waals surface area (Å²) in [5, 5.41) is -0.636. The minimum Gasteiger partial charge on any atom is -0.497 e. The van der Waals surface area contributed by atoms with Gasteiger partial charge in [-0.2, -0.15) is 0 Å². The predicted molar refractivity (Wildman–Crippen MR) is 83.2 cm³/mol. The fraction of sp³-hybridized carbons (Fsp3) is 0.250. The van der Waals surface area contributed by atoms with Gasteiger partial charge in [0.05, 0.1) is 27.0 Å². The van der Waals surface area contributed by atoms with Crippen molar-refractivity contribution < 1.29 is 19.0 Å². The van der Waals surface area contributed by atoms with Crippen molar-refractivity contribution in [1.82, 2.24) is 4.98 Å². The average molecular weight is 322 g/mol. The Morgan fingerprint density at radius 3 is 2.45 bits per heavy atom. The van der Waals surface area contributed by atoms with E-state index in [1.54, 1.807) is 7.11 Å². The Morgan fingerprint density at radius 1 is 1.14 bits per heavy atom. The third-order valence-electron chi connectivity index (χ3n) is 3.06. The van der Waals surface area contributed by atoms with Gasteiger partial charge in [-0.25, -0.2) is 4.98 Å². The average Bonchev–Trinajstić information content (AvgIpc) is 2.55. The highest BCUT2D eigenvalue weighted by molar-refractivity contribution is 6.67. The van der Waals surface area contributed by atoms with Crippen molar-refractivity contribution in [2.24, 2.45) is 0 Å². The van der Waals surface area contributed by atoms with Gasteiger partial charge in [0.15, 0.2) is 11.5 Å². The Bertz CT molecular complexity index is 643. The fourth-order valence-electron chi connectivity index (χ4n) is 1.87. The molecule has 116 valence electrons. The number of ether oxygens (including phenoxy) is 3. The molecule has 0 saturated heterocycles. The maximum absolute atomic E-state index is 11.1. The monoisotopic (exact) mass is 321 g/mol. The van der Waals surface area contributed by atoms with Crippen LogP contribution in [0, 0.1) is 0 Å². The highest BCUT2D eigenvalue weighted by Gasteiger charge is 2.11. The second-order valence-corrected chi connectivity index (χ2v) is 4.78. The second kappa shape index (κ2) is 7.66. The van der Waals surface area contributed by atoms with Crippen LogP contribution in [-0.2, 0) is 6.42 Å². The van der Waals surface area contributed by atoms with E-state index >= 15 is 0 Å². The van der Waals surface area contributed by atoms with Crippen molar-refractivity contribution in [3.8, 4) is 17.2 Å². The van der Waals surface area contributed by atoms with Gasteiger partial charge < -0.3 is 14.2 Å². The standard InChI is InChI=1S/C16H16ClNO4/c1-20-12-5-3-11(4-6-12)7-8-22-14-9-13(16(17)19)18-10-15(14)21-2/h3-6,9-10H,7-8H2,1-2H3. The van der Waals surface area contributed by atoms with Crippen LogP contribution < -0.4 is 14.2 Å². The Kier molecular flexibility index (Phi) is 5.61. The van der Waals surface area contributed by atoms with Crippen LogP contribution in [0.5, 0.6) is 17.2 Å². The van der Waals surface area contributed by atoms with Gasteiger partial charge in [-0.15, -0.1) is 0 Å². The summed E-state index contributed by atoms with van der Waals surface area (Å²) in [7, 11) is 3.14. The van der Waals surface area contributed by atoms with E-state index in [1.165, 1.54) is 19.4 Å². The number of methoxy groups -OCH3 is 2. The lowest BCUT2D eigenvalue weighted by Gasteiger charge is -2.11. The molecule has 22 heavy (non-hydrogen) atoms. The van der Waals surface area contributed by atoms with E-state index in [4.69, 9.17) is 25.8 Å². The van der Waals surface area contributed by atoms with Crippen LogP contribution >= 0.6 is 11.6 Å². The summed E-state index contributed by atoms with van der Waals surface area (Å²) in [6.07, 6.45) is 2.12. The molecule has 5 nitrogen and oxygen atoms in total. The molecule has 0 aliphatic carbocycles. The van der Waals surface area contributed by atoms with Crippen LogP contribution in [0.4, 0.5) is 0 Å². The van der Waals surface area contributed by atoms with Gasteiger partial charge in [-0.05, 0) is 29.3 Å². The number of pyridine rings is 1. The summed E-state index contributed by atoms with van der Waals surface area (Å²) in [5.74, 6) is 1.71. The summed E-state index contributed by atoms with van der Waals surface area (Å²) >= 11 is 5.42. The quantitative estimate of drug-likeness (QED) is 0.733. The molecule has 0 unspecified atom stereocenters. The molecule has 0 saturated carbocycles. The van der Waals surface area contributed by atoms with E-state index in [2.05, 4.69) is 4.98 Å². The van der Waals surface area contributed by atoms with Crippen LogP contribution in [0.3, 0.4) is 0 Å². The van der Waals surface area contributed by atoms with Crippen LogP contribution in [0.2, 0.25) is 0 Å². The third kappa shape index (κ3) is 4.11. The summed E-state index contributed by atoms with van der Waals surface area (Å²) in [4.78, 5) is 15.0. The number of rotatable bonds is 7. The van der Waals surface area contributed by atoms with Crippen molar-refractivity contribution in [1.29, 1.82) is 0 Å². The molecule has 1 aromatic heterocycles. The first-order valence-corrected chi connectivity index (χ1v) is 7.01. The highest BCUT2D eigenvalue weighted by atomic mass is 35.5. The molecule has 1 heterocycles. The number of hydrogen-bond donors (Lipinski definition) is 0. The van der Waals surface area contributed by atoms with E-state index < -0.39 is 5.24 Å². The number of halogens is 1. The number of nitrogens with zero attached hydrogens (tertiary/aromatic N) is 1. The van der Waals surface area contributed by atoms with E-state index in [9.17, 15) is 4.79 Å². The molecule has 2 aromatic rings. The summed E-state index contributed by atoms with van der Waals surface area (Å²) < 4.78 is 15.9. The van der Waals surface area contributed by atoms with Crippen LogP contribution in [0.25, 0.3) is 0 Å². The normalized spacial score (nSPS) is 10.1. The molecule has 0 amide bonds.